The largest absolute Gasteiger partial charge is 0.508 e. The van der Waals surface area contributed by atoms with Crippen LogP contribution in [0, 0.1) is 5.92 Å². The van der Waals surface area contributed by atoms with Crippen LogP contribution < -0.4 is 27.4 Å². The number of carboxylic acids is 1. The number of hydrogen-bond donors (Lipinski definition) is 7. The van der Waals surface area contributed by atoms with Crippen LogP contribution in [0.4, 0.5) is 0 Å². The van der Waals surface area contributed by atoms with Crippen molar-refractivity contribution in [2.24, 2.45) is 17.4 Å². The van der Waals surface area contributed by atoms with E-state index in [1.54, 1.807) is 56.3 Å². The van der Waals surface area contributed by atoms with Gasteiger partial charge in [-0.2, -0.15) is 0 Å². The van der Waals surface area contributed by atoms with Gasteiger partial charge < -0.3 is 37.6 Å². The Hall–Kier alpha value is -4.45. The molecule has 0 aromatic heterocycles. The molecular weight excluding hydrogens is 518 g/mol. The summed E-state index contributed by atoms with van der Waals surface area (Å²) in [5.41, 5.74) is 12.3. The molecule has 0 spiro atoms. The standard InChI is InChI=1S/C28H37N5O7/c1-16(2)24(27(38)32-22(28(39)40)15-18-8-10-19(34)11-9-18)33-26(37)21(14-17-6-4-3-5-7-17)31-25(36)20(29)12-13-23(30)35/h3-11,16,20-22,24,34H,12-15,29H2,1-2H3,(H2,30,35)(H,31,36)(H,32,38)(H,33,37)(H,39,40). The maximum atomic E-state index is 13.4. The summed E-state index contributed by atoms with van der Waals surface area (Å²) in [6.45, 7) is 3.37. The molecule has 0 fully saturated rings. The van der Waals surface area contributed by atoms with E-state index in [4.69, 9.17) is 11.5 Å². The van der Waals surface area contributed by atoms with Crippen LogP contribution in [0.2, 0.25) is 0 Å². The van der Waals surface area contributed by atoms with E-state index in [-0.39, 0.29) is 31.4 Å². The number of nitrogens with two attached hydrogens (primary N) is 2. The van der Waals surface area contributed by atoms with E-state index in [2.05, 4.69) is 16.0 Å². The molecule has 9 N–H and O–H groups in total. The van der Waals surface area contributed by atoms with Crippen LogP contribution in [0.25, 0.3) is 0 Å². The predicted octanol–water partition coefficient (Wildman–Crippen LogP) is -0.0348. The molecule has 4 atom stereocenters. The van der Waals surface area contributed by atoms with E-state index in [1.165, 1.54) is 12.1 Å². The zero-order valence-electron chi connectivity index (χ0n) is 22.5. The molecular formula is C28H37N5O7. The number of phenolic OH excluding ortho intramolecular Hbond substituents is 1. The lowest BCUT2D eigenvalue weighted by Crippen LogP contribution is -2.59. The quantitative estimate of drug-likeness (QED) is 0.158. The van der Waals surface area contributed by atoms with E-state index >= 15 is 0 Å². The zero-order chi connectivity index (χ0) is 29.8. The third kappa shape index (κ3) is 10.4. The van der Waals surface area contributed by atoms with Crippen LogP contribution in [0.5, 0.6) is 5.75 Å². The highest BCUT2D eigenvalue weighted by molar-refractivity contribution is 5.94. The van der Waals surface area contributed by atoms with E-state index in [9.17, 15) is 34.2 Å². The van der Waals surface area contributed by atoms with E-state index < -0.39 is 59.7 Å². The predicted molar refractivity (Wildman–Crippen MR) is 147 cm³/mol. The summed E-state index contributed by atoms with van der Waals surface area (Å²) in [6, 6.07) is 10.2. The van der Waals surface area contributed by atoms with Crippen molar-refractivity contribution in [3.05, 3.63) is 65.7 Å². The monoisotopic (exact) mass is 555 g/mol. The molecule has 0 aliphatic carbocycles. The minimum Gasteiger partial charge on any atom is -0.508 e. The summed E-state index contributed by atoms with van der Waals surface area (Å²) in [7, 11) is 0. The first-order valence-corrected chi connectivity index (χ1v) is 12.9. The van der Waals surface area contributed by atoms with Gasteiger partial charge in [0.2, 0.25) is 23.6 Å². The Labute approximate surface area is 232 Å². The minimum absolute atomic E-state index is 0.00449. The molecule has 4 amide bonds. The molecule has 0 aliphatic rings. The second-order valence-corrected chi connectivity index (χ2v) is 9.86. The van der Waals surface area contributed by atoms with Gasteiger partial charge in [-0.3, -0.25) is 19.2 Å². The lowest BCUT2D eigenvalue weighted by Gasteiger charge is -2.27. The summed E-state index contributed by atoms with van der Waals surface area (Å²) in [4.78, 5) is 62.2. The number of aliphatic carboxylic acids is 1. The molecule has 2 rings (SSSR count). The molecule has 2 aromatic carbocycles. The highest BCUT2D eigenvalue weighted by Gasteiger charge is 2.32. The summed E-state index contributed by atoms with van der Waals surface area (Å²) in [5.74, 6) is -4.34. The Bertz CT molecular complexity index is 1170. The maximum absolute atomic E-state index is 13.4. The van der Waals surface area contributed by atoms with Crippen molar-refractivity contribution in [1.29, 1.82) is 0 Å². The third-order valence-electron chi connectivity index (χ3n) is 6.19. The van der Waals surface area contributed by atoms with Crippen molar-refractivity contribution < 1.29 is 34.2 Å². The molecule has 0 aliphatic heterocycles. The van der Waals surface area contributed by atoms with Gasteiger partial charge in [0.1, 0.15) is 23.9 Å². The van der Waals surface area contributed by atoms with Crippen LogP contribution in [0.3, 0.4) is 0 Å². The average molecular weight is 556 g/mol. The zero-order valence-corrected chi connectivity index (χ0v) is 22.5. The number of rotatable bonds is 15. The second kappa shape index (κ2) is 15.2. The fourth-order valence-electron chi connectivity index (χ4n) is 3.88. The molecule has 12 nitrogen and oxygen atoms in total. The Morgan fingerprint density at radius 1 is 0.775 bits per heavy atom. The highest BCUT2D eigenvalue weighted by Crippen LogP contribution is 2.13. The lowest BCUT2D eigenvalue weighted by molar-refractivity contribution is -0.142. The molecule has 0 heterocycles. The first-order valence-electron chi connectivity index (χ1n) is 12.9. The van der Waals surface area contributed by atoms with Gasteiger partial charge in [0.05, 0.1) is 6.04 Å². The van der Waals surface area contributed by atoms with Crippen molar-refractivity contribution in [2.45, 2.75) is 63.7 Å². The number of carboxylic acid groups (broad SMARTS) is 1. The topological polar surface area (TPSA) is 214 Å². The van der Waals surface area contributed by atoms with Crippen LogP contribution in [-0.2, 0) is 36.8 Å². The third-order valence-corrected chi connectivity index (χ3v) is 6.19. The van der Waals surface area contributed by atoms with Crippen LogP contribution in [-0.4, -0.2) is 64.0 Å². The van der Waals surface area contributed by atoms with Crippen molar-refractivity contribution >= 4 is 29.6 Å². The van der Waals surface area contributed by atoms with Gasteiger partial charge in [0.25, 0.3) is 0 Å². The molecule has 2 aromatic rings. The first-order chi connectivity index (χ1) is 18.9. The van der Waals surface area contributed by atoms with Crippen molar-refractivity contribution in [3.63, 3.8) is 0 Å². The maximum Gasteiger partial charge on any atom is 0.326 e. The van der Waals surface area contributed by atoms with Gasteiger partial charge in [-0.1, -0.05) is 56.3 Å². The van der Waals surface area contributed by atoms with Gasteiger partial charge in [-0.05, 0) is 35.6 Å². The summed E-state index contributed by atoms with van der Waals surface area (Å²) in [6.07, 6.45) is -0.0634. The fourth-order valence-corrected chi connectivity index (χ4v) is 3.88. The van der Waals surface area contributed by atoms with Crippen molar-refractivity contribution in [2.75, 3.05) is 0 Å². The molecule has 0 saturated carbocycles. The minimum atomic E-state index is -1.29. The summed E-state index contributed by atoms with van der Waals surface area (Å²) >= 11 is 0. The van der Waals surface area contributed by atoms with Crippen LogP contribution in [0.15, 0.2) is 54.6 Å². The molecule has 216 valence electrons. The number of phenols is 1. The molecule has 0 radical (unpaired) electrons. The van der Waals surface area contributed by atoms with Gasteiger partial charge in [-0.15, -0.1) is 0 Å². The summed E-state index contributed by atoms with van der Waals surface area (Å²) < 4.78 is 0. The molecule has 0 saturated heterocycles. The lowest BCUT2D eigenvalue weighted by atomic mass is 9.99. The number of aromatic hydroxyl groups is 1. The molecule has 40 heavy (non-hydrogen) atoms. The smallest absolute Gasteiger partial charge is 0.326 e. The van der Waals surface area contributed by atoms with Crippen molar-refractivity contribution in [1.82, 2.24) is 16.0 Å². The molecule has 0 bridgehead atoms. The number of hydrogen-bond acceptors (Lipinski definition) is 7. The Morgan fingerprint density at radius 3 is 1.88 bits per heavy atom. The molecule has 12 heteroatoms. The fraction of sp³-hybridized carbons (Fsp3) is 0.393. The summed E-state index contributed by atoms with van der Waals surface area (Å²) in [5, 5.41) is 26.8. The number of carbonyl (C=O) groups is 5. The number of amides is 4. The number of primary amides is 1. The normalized spacial score (nSPS) is 13.9. The van der Waals surface area contributed by atoms with Crippen molar-refractivity contribution in [3.8, 4) is 5.75 Å². The number of carbonyl (C=O) groups excluding carboxylic acids is 4. The Kier molecular flexibility index (Phi) is 12.1. The van der Waals surface area contributed by atoms with Gasteiger partial charge in [-0.25, -0.2) is 4.79 Å². The Morgan fingerprint density at radius 2 is 1.32 bits per heavy atom. The van der Waals surface area contributed by atoms with E-state index in [0.717, 1.165) is 5.56 Å². The van der Waals surface area contributed by atoms with E-state index in [1.807, 2.05) is 0 Å². The highest BCUT2D eigenvalue weighted by atomic mass is 16.4. The SMILES string of the molecule is CC(C)C(NC(=O)C(Cc1ccccc1)NC(=O)C(N)CCC(N)=O)C(=O)NC(Cc1ccc(O)cc1)C(=O)O. The Balaban J connectivity index is 2.18. The van der Waals surface area contributed by atoms with Gasteiger partial charge in [0.15, 0.2) is 0 Å². The van der Waals surface area contributed by atoms with Crippen LogP contribution >= 0.6 is 0 Å². The average Bonchev–Trinajstić information content (AvgIpc) is 2.90. The molecule has 4 unspecified atom stereocenters. The van der Waals surface area contributed by atoms with Gasteiger partial charge in [0, 0.05) is 19.3 Å². The van der Waals surface area contributed by atoms with E-state index in [0.29, 0.717) is 5.56 Å². The van der Waals surface area contributed by atoms with Crippen LogP contribution in [0.1, 0.15) is 37.8 Å². The van der Waals surface area contributed by atoms with Gasteiger partial charge >= 0.3 is 5.97 Å². The number of nitrogens with one attached hydrogen (secondary N) is 3. The number of benzene rings is 2. The second-order valence-electron chi connectivity index (χ2n) is 9.86. The first kappa shape index (κ1) is 31.8.